The molecule has 1 aliphatic carbocycles. The molecule has 1 fully saturated rings. The van der Waals surface area contributed by atoms with Crippen LogP contribution in [0.1, 0.15) is 86.0 Å². The van der Waals surface area contributed by atoms with E-state index in [9.17, 15) is 9.59 Å². The van der Waals surface area contributed by atoms with Crippen LogP contribution in [0.5, 0.6) is 0 Å². The average molecular weight is 355 g/mol. The van der Waals surface area contributed by atoms with Gasteiger partial charge in [0.1, 0.15) is 0 Å². The molecule has 0 radical (unpaired) electrons. The van der Waals surface area contributed by atoms with E-state index < -0.39 is 5.41 Å². The minimum absolute atomic E-state index is 0.0469. The molecule has 0 aromatic carbocycles. The summed E-state index contributed by atoms with van der Waals surface area (Å²) in [6.07, 6.45) is 7.66. The maximum Gasteiger partial charge on any atom is 0.323 e. The molecule has 0 N–H and O–H groups in total. The van der Waals surface area contributed by atoms with E-state index in [0.717, 1.165) is 38.5 Å². The van der Waals surface area contributed by atoms with Gasteiger partial charge in [0.25, 0.3) is 0 Å². The molecule has 1 aliphatic rings. The minimum Gasteiger partial charge on any atom is -0.465 e. The van der Waals surface area contributed by atoms with Crippen molar-refractivity contribution in [3.63, 3.8) is 0 Å². The zero-order valence-electron chi connectivity index (χ0n) is 16.9. The maximum atomic E-state index is 13.0. The standard InChI is InChI=1S/C21H38O4/c1-6-24-19(22)21(20(23)25-7-2,18-11-9-8-10-12-18)14-13-17(5)15-16(3)4/h16-18H,6-15H2,1-5H3. The van der Waals surface area contributed by atoms with E-state index in [1.165, 1.54) is 6.42 Å². The summed E-state index contributed by atoms with van der Waals surface area (Å²) < 4.78 is 10.8. The van der Waals surface area contributed by atoms with Crippen LogP contribution in [0, 0.1) is 23.2 Å². The molecule has 1 unspecified atom stereocenters. The van der Waals surface area contributed by atoms with Crippen LogP contribution in [0.4, 0.5) is 0 Å². The summed E-state index contributed by atoms with van der Waals surface area (Å²) in [5.41, 5.74) is -1.11. The van der Waals surface area contributed by atoms with Gasteiger partial charge in [0.2, 0.25) is 0 Å². The van der Waals surface area contributed by atoms with Crippen molar-refractivity contribution in [2.75, 3.05) is 13.2 Å². The summed E-state index contributed by atoms with van der Waals surface area (Å²) >= 11 is 0. The van der Waals surface area contributed by atoms with Crippen molar-refractivity contribution < 1.29 is 19.1 Å². The van der Waals surface area contributed by atoms with Crippen LogP contribution in [0.2, 0.25) is 0 Å². The van der Waals surface area contributed by atoms with Gasteiger partial charge in [-0.1, -0.05) is 40.0 Å². The highest BCUT2D eigenvalue weighted by Crippen LogP contribution is 2.45. The van der Waals surface area contributed by atoms with Gasteiger partial charge in [0.05, 0.1) is 13.2 Å². The van der Waals surface area contributed by atoms with Crippen LogP contribution in [0.25, 0.3) is 0 Å². The Morgan fingerprint density at radius 3 is 1.92 bits per heavy atom. The zero-order valence-corrected chi connectivity index (χ0v) is 16.9. The predicted molar refractivity (Wildman–Crippen MR) is 100 cm³/mol. The Morgan fingerprint density at radius 2 is 1.48 bits per heavy atom. The Hall–Kier alpha value is -1.06. The summed E-state index contributed by atoms with van der Waals surface area (Å²) in [6.45, 7) is 10.8. The summed E-state index contributed by atoms with van der Waals surface area (Å²) in [5.74, 6) is 0.413. The Balaban J connectivity index is 3.09. The van der Waals surface area contributed by atoms with Crippen molar-refractivity contribution in [3.05, 3.63) is 0 Å². The van der Waals surface area contributed by atoms with Crippen molar-refractivity contribution in [2.24, 2.45) is 23.2 Å². The molecular formula is C21H38O4. The Kier molecular flexibility index (Phi) is 9.52. The lowest BCUT2D eigenvalue weighted by molar-refractivity contribution is -0.179. The quantitative estimate of drug-likeness (QED) is 0.402. The van der Waals surface area contributed by atoms with E-state index in [2.05, 4.69) is 20.8 Å². The highest BCUT2D eigenvalue weighted by molar-refractivity contribution is 6.00. The second-order valence-electron chi connectivity index (χ2n) is 8.02. The summed E-state index contributed by atoms with van der Waals surface area (Å²) in [4.78, 5) is 26.0. The third-order valence-corrected chi connectivity index (χ3v) is 5.49. The first kappa shape index (κ1) is 22.0. The number of ether oxygens (including phenoxy) is 2. The maximum absolute atomic E-state index is 13.0. The van der Waals surface area contributed by atoms with Gasteiger partial charge in [0.15, 0.2) is 5.41 Å². The van der Waals surface area contributed by atoms with E-state index >= 15 is 0 Å². The fraction of sp³-hybridized carbons (Fsp3) is 0.905. The lowest BCUT2D eigenvalue weighted by Gasteiger charge is -2.39. The van der Waals surface area contributed by atoms with E-state index in [1.54, 1.807) is 13.8 Å². The smallest absolute Gasteiger partial charge is 0.323 e. The van der Waals surface area contributed by atoms with Gasteiger partial charge in [-0.2, -0.15) is 0 Å². The van der Waals surface area contributed by atoms with Crippen LogP contribution in [-0.2, 0) is 19.1 Å². The second kappa shape index (κ2) is 10.8. The predicted octanol–water partition coefficient (Wildman–Crippen LogP) is 5.14. The van der Waals surface area contributed by atoms with Crippen molar-refractivity contribution >= 4 is 11.9 Å². The lowest BCUT2D eigenvalue weighted by Crippen LogP contribution is -2.48. The summed E-state index contributed by atoms with van der Waals surface area (Å²) in [6, 6.07) is 0. The number of carbonyl (C=O) groups is 2. The molecule has 0 heterocycles. The number of esters is 2. The van der Waals surface area contributed by atoms with Crippen LogP contribution in [0.3, 0.4) is 0 Å². The third-order valence-electron chi connectivity index (χ3n) is 5.49. The monoisotopic (exact) mass is 354 g/mol. The Labute approximate surface area is 154 Å². The van der Waals surface area contributed by atoms with Crippen molar-refractivity contribution in [2.45, 2.75) is 86.0 Å². The fourth-order valence-corrected chi connectivity index (χ4v) is 4.34. The van der Waals surface area contributed by atoms with Crippen LogP contribution < -0.4 is 0 Å². The van der Waals surface area contributed by atoms with Crippen LogP contribution >= 0.6 is 0 Å². The first-order valence-electron chi connectivity index (χ1n) is 10.2. The molecule has 0 amide bonds. The van der Waals surface area contributed by atoms with E-state index in [4.69, 9.17) is 9.47 Å². The molecule has 1 rings (SSSR count). The van der Waals surface area contributed by atoms with Gasteiger partial charge in [-0.05, 0) is 63.7 Å². The highest BCUT2D eigenvalue weighted by atomic mass is 16.6. The molecule has 0 aromatic rings. The molecule has 0 saturated heterocycles. The Morgan fingerprint density at radius 1 is 0.960 bits per heavy atom. The molecule has 4 heteroatoms. The fourth-order valence-electron chi connectivity index (χ4n) is 4.34. The lowest BCUT2D eigenvalue weighted by atomic mass is 9.65. The number of hydrogen-bond acceptors (Lipinski definition) is 4. The first-order chi connectivity index (χ1) is 11.9. The Bertz CT molecular complexity index is 392. The number of carbonyl (C=O) groups excluding carboxylic acids is 2. The van der Waals surface area contributed by atoms with Gasteiger partial charge in [-0.3, -0.25) is 9.59 Å². The van der Waals surface area contributed by atoms with Gasteiger partial charge in [-0.15, -0.1) is 0 Å². The summed E-state index contributed by atoms with van der Waals surface area (Å²) in [5, 5.41) is 0. The molecule has 0 spiro atoms. The van der Waals surface area contributed by atoms with Crippen LogP contribution in [-0.4, -0.2) is 25.2 Å². The molecule has 4 nitrogen and oxygen atoms in total. The van der Waals surface area contributed by atoms with Crippen molar-refractivity contribution in [3.8, 4) is 0 Å². The topological polar surface area (TPSA) is 52.6 Å². The molecule has 1 atom stereocenters. The van der Waals surface area contributed by atoms with Crippen molar-refractivity contribution in [1.82, 2.24) is 0 Å². The SMILES string of the molecule is CCOC(=O)C(CCC(C)CC(C)C)(C(=O)OCC)C1CCCCC1. The van der Waals surface area contributed by atoms with Crippen LogP contribution in [0.15, 0.2) is 0 Å². The number of rotatable bonds is 10. The van der Waals surface area contributed by atoms with E-state index in [-0.39, 0.29) is 17.9 Å². The van der Waals surface area contributed by atoms with Gasteiger partial charge < -0.3 is 9.47 Å². The normalized spacial score (nSPS) is 17.4. The first-order valence-corrected chi connectivity index (χ1v) is 10.2. The molecule has 0 aromatic heterocycles. The minimum atomic E-state index is -1.11. The van der Waals surface area contributed by atoms with Crippen molar-refractivity contribution in [1.29, 1.82) is 0 Å². The molecule has 25 heavy (non-hydrogen) atoms. The van der Waals surface area contributed by atoms with E-state index in [0.29, 0.717) is 31.5 Å². The molecule has 0 aliphatic heterocycles. The molecular weight excluding hydrogens is 316 g/mol. The third kappa shape index (κ3) is 6.00. The van der Waals surface area contributed by atoms with Gasteiger partial charge in [0, 0.05) is 0 Å². The second-order valence-corrected chi connectivity index (χ2v) is 8.02. The molecule has 146 valence electrons. The largest absolute Gasteiger partial charge is 0.465 e. The average Bonchev–Trinajstić information content (AvgIpc) is 2.56. The van der Waals surface area contributed by atoms with Gasteiger partial charge >= 0.3 is 11.9 Å². The molecule has 1 saturated carbocycles. The summed E-state index contributed by atoms with van der Waals surface area (Å²) in [7, 11) is 0. The zero-order chi connectivity index (χ0) is 18.9. The molecule has 0 bridgehead atoms. The van der Waals surface area contributed by atoms with E-state index in [1.807, 2.05) is 0 Å². The number of hydrogen-bond donors (Lipinski definition) is 0. The van der Waals surface area contributed by atoms with Gasteiger partial charge in [-0.25, -0.2) is 0 Å². The highest BCUT2D eigenvalue weighted by Gasteiger charge is 2.54.